The molecule has 2 aromatic heterocycles. The molecule has 3 aromatic rings. The monoisotopic (exact) mass is 540 g/mol. The molecule has 2 fully saturated rings. The molecule has 1 saturated carbocycles. The first-order chi connectivity index (χ1) is 18.0. The van der Waals surface area contributed by atoms with Crippen LogP contribution in [0, 0.1) is 11.7 Å². The SMILES string of the molecule is C[C@@H](Nc1nn(C)c(=O)c2c(OCC3COC3)c(=O)n(C3(C(F)F)CC3)cc12)c1cccc(C(F)F)c1F. The third kappa shape index (κ3) is 4.32. The molecule has 1 aromatic carbocycles. The molecule has 0 unspecified atom stereocenters. The maximum Gasteiger partial charge on any atom is 0.294 e. The molecule has 1 saturated heterocycles. The molecule has 3 heterocycles. The summed E-state index contributed by atoms with van der Waals surface area (Å²) in [5, 5.41) is 6.92. The highest BCUT2D eigenvalue weighted by molar-refractivity contribution is 5.94. The number of nitrogens with one attached hydrogen (secondary N) is 1. The van der Waals surface area contributed by atoms with E-state index in [9.17, 15) is 31.5 Å². The number of aryl methyl sites for hydroxylation is 1. The lowest BCUT2D eigenvalue weighted by Crippen LogP contribution is -2.38. The van der Waals surface area contributed by atoms with Crippen LogP contribution in [0.5, 0.6) is 5.75 Å². The number of hydrogen-bond acceptors (Lipinski definition) is 6. The van der Waals surface area contributed by atoms with Crippen LogP contribution in [-0.4, -0.2) is 40.6 Å². The van der Waals surface area contributed by atoms with Gasteiger partial charge in [0.2, 0.25) is 0 Å². The fourth-order valence-corrected chi connectivity index (χ4v) is 4.59. The van der Waals surface area contributed by atoms with Crippen molar-refractivity contribution in [2.24, 2.45) is 13.0 Å². The van der Waals surface area contributed by atoms with Gasteiger partial charge in [0, 0.05) is 24.7 Å². The second-order valence-corrected chi connectivity index (χ2v) is 9.74. The molecule has 1 aliphatic carbocycles. The fourth-order valence-electron chi connectivity index (χ4n) is 4.59. The molecule has 1 N–H and O–H groups in total. The van der Waals surface area contributed by atoms with Gasteiger partial charge in [-0.3, -0.25) is 14.2 Å². The smallest absolute Gasteiger partial charge is 0.294 e. The van der Waals surface area contributed by atoms with Gasteiger partial charge in [-0.1, -0.05) is 18.2 Å². The molecule has 0 bridgehead atoms. The number of anilines is 1. The van der Waals surface area contributed by atoms with E-state index in [1.54, 1.807) is 0 Å². The predicted octanol–water partition coefficient (Wildman–Crippen LogP) is 4.12. The van der Waals surface area contributed by atoms with Crippen molar-refractivity contribution in [1.29, 1.82) is 0 Å². The average molecular weight is 540 g/mol. The van der Waals surface area contributed by atoms with Gasteiger partial charge in [-0.15, -0.1) is 0 Å². The van der Waals surface area contributed by atoms with Gasteiger partial charge in [0.25, 0.3) is 24.0 Å². The normalized spacial score (nSPS) is 17.6. The number of nitrogens with zero attached hydrogens (tertiary/aromatic N) is 3. The second-order valence-electron chi connectivity index (χ2n) is 9.74. The van der Waals surface area contributed by atoms with Crippen molar-refractivity contribution in [1.82, 2.24) is 14.3 Å². The van der Waals surface area contributed by atoms with E-state index >= 15 is 0 Å². The Morgan fingerprint density at radius 3 is 2.42 bits per heavy atom. The molecule has 8 nitrogen and oxygen atoms in total. The van der Waals surface area contributed by atoms with Crippen LogP contribution in [0.4, 0.5) is 27.8 Å². The van der Waals surface area contributed by atoms with Gasteiger partial charge in [-0.2, -0.15) is 5.10 Å². The van der Waals surface area contributed by atoms with Crippen LogP contribution in [0.3, 0.4) is 0 Å². The van der Waals surface area contributed by atoms with Gasteiger partial charge in [-0.25, -0.2) is 26.6 Å². The van der Waals surface area contributed by atoms with E-state index in [2.05, 4.69) is 10.4 Å². The van der Waals surface area contributed by atoms with Gasteiger partial charge in [0.1, 0.15) is 16.7 Å². The lowest BCUT2D eigenvalue weighted by molar-refractivity contribution is -0.0509. The number of ether oxygens (including phenoxy) is 2. The Morgan fingerprint density at radius 2 is 1.84 bits per heavy atom. The summed E-state index contributed by atoms with van der Waals surface area (Å²) in [7, 11) is 1.33. The van der Waals surface area contributed by atoms with Gasteiger partial charge in [0.05, 0.1) is 36.8 Å². The quantitative estimate of drug-likeness (QED) is 0.411. The van der Waals surface area contributed by atoms with Crippen LogP contribution in [0.25, 0.3) is 10.8 Å². The van der Waals surface area contributed by atoms with Crippen molar-refractivity contribution in [2.45, 2.75) is 44.2 Å². The van der Waals surface area contributed by atoms with Crippen molar-refractivity contribution in [3.05, 3.63) is 62.0 Å². The molecule has 0 spiro atoms. The molecule has 2 aliphatic rings. The van der Waals surface area contributed by atoms with Crippen molar-refractivity contribution in [3.8, 4) is 5.75 Å². The molecule has 1 aliphatic heterocycles. The van der Waals surface area contributed by atoms with Crippen LogP contribution in [0.15, 0.2) is 34.0 Å². The number of benzene rings is 1. The number of rotatable bonds is 9. The summed E-state index contributed by atoms with van der Waals surface area (Å²) in [5.74, 6) is -1.55. The Morgan fingerprint density at radius 1 is 1.16 bits per heavy atom. The number of hydrogen-bond donors (Lipinski definition) is 1. The molecule has 5 rings (SSSR count). The Bertz CT molecular complexity index is 1500. The van der Waals surface area contributed by atoms with Gasteiger partial charge >= 0.3 is 0 Å². The standard InChI is InChI=1S/C25H25F5N4O4/c1-12(14-4-3-5-15(18(14)26)20(27)28)31-21-16-8-34(25(6-7-25)24(29)30)23(36)19(38-11-13-9-37-10-13)17(16)22(35)33(2)32-21/h3-5,8,12-13,20,24H,6-7,9-11H2,1-2H3,(H,31,32)/t12-/m1/s1. The number of alkyl halides is 4. The highest BCUT2D eigenvalue weighted by atomic mass is 19.3. The van der Waals surface area contributed by atoms with Crippen LogP contribution < -0.4 is 21.2 Å². The van der Waals surface area contributed by atoms with Crippen molar-refractivity contribution < 1.29 is 31.4 Å². The zero-order chi connectivity index (χ0) is 27.4. The molecule has 0 amide bonds. The minimum atomic E-state index is -3.03. The summed E-state index contributed by atoms with van der Waals surface area (Å²) >= 11 is 0. The van der Waals surface area contributed by atoms with E-state index in [1.807, 2.05) is 0 Å². The van der Waals surface area contributed by atoms with Crippen LogP contribution in [-0.2, 0) is 17.3 Å². The van der Waals surface area contributed by atoms with Crippen molar-refractivity contribution >= 4 is 16.6 Å². The summed E-state index contributed by atoms with van der Waals surface area (Å²) in [4.78, 5) is 26.6. The summed E-state index contributed by atoms with van der Waals surface area (Å²) in [6.07, 6.45) is -4.64. The second kappa shape index (κ2) is 9.68. The van der Waals surface area contributed by atoms with Gasteiger partial charge < -0.3 is 14.8 Å². The Hall–Kier alpha value is -3.48. The van der Waals surface area contributed by atoms with Crippen LogP contribution in [0.1, 0.15) is 43.4 Å². The first kappa shape index (κ1) is 26.1. The zero-order valence-corrected chi connectivity index (χ0v) is 20.5. The lowest BCUT2D eigenvalue weighted by atomic mass is 10.0. The van der Waals surface area contributed by atoms with Gasteiger partial charge in [0.15, 0.2) is 11.6 Å². The zero-order valence-electron chi connectivity index (χ0n) is 20.5. The predicted molar refractivity (Wildman–Crippen MR) is 128 cm³/mol. The molecular formula is C25H25F5N4O4. The Balaban J connectivity index is 1.67. The minimum absolute atomic E-state index is 0.0109. The molecule has 1 atom stereocenters. The average Bonchev–Trinajstić information content (AvgIpc) is 3.64. The molecule has 38 heavy (non-hydrogen) atoms. The highest BCUT2D eigenvalue weighted by Gasteiger charge is 2.54. The number of pyridine rings is 1. The van der Waals surface area contributed by atoms with E-state index in [4.69, 9.17) is 9.47 Å². The maximum atomic E-state index is 14.8. The third-order valence-electron chi connectivity index (χ3n) is 7.11. The summed E-state index contributed by atoms with van der Waals surface area (Å²) in [6.45, 7) is 2.32. The minimum Gasteiger partial charge on any atom is -0.487 e. The van der Waals surface area contributed by atoms with Crippen molar-refractivity contribution in [3.63, 3.8) is 0 Å². The first-order valence-electron chi connectivity index (χ1n) is 12.0. The summed E-state index contributed by atoms with van der Waals surface area (Å²) < 4.78 is 82.1. The topological polar surface area (TPSA) is 87.4 Å². The number of halogens is 5. The van der Waals surface area contributed by atoms with E-state index in [0.717, 1.165) is 21.5 Å². The van der Waals surface area contributed by atoms with E-state index in [0.29, 0.717) is 13.2 Å². The van der Waals surface area contributed by atoms with Crippen LogP contribution >= 0.6 is 0 Å². The first-order valence-corrected chi connectivity index (χ1v) is 12.0. The Kier molecular flexibility index (Phi) is 6.66. The van der Waals surface area contributed by atoms with Crippen molar-refractivity contribution in [2.75, 3.05) is 25.1 Å². The molecule has 0 radical (unpaired) electrons. The maximum absolute atomic E-state index is 14.8. The largest absolute Gasteiger partial charge is 0.487 e. The summed E-state index contributed by atoms with van der Waals surface area (Å²) in [5.41, 5.74) is -4.17. The van der Waals surface area contributed by atoms with Gasteiger partial charge in [-0.05, 0) is 19.8 Å². The molecular weight excluding hydrogens is 515 g/mol. The molecule has 13 heteroatoms. The van der Waals surface area contributed by atoms with E-state index < -0.39 is 46.9 Å². The van der Waals surface area contributed by atoms with E-state index in [1.165, 1.54) is 26.1 Å². The molecule has 204 valence electrons. The third-order valence-corrected chi connectivity index (χ3v) is 7.11. The number of fused-ring (bicyclic) bond motifs is 1. The summed E-state index contributed by atoms with van der Waals surface area (Å²) in [6, 6.07) is 2.66. The number of aromatic nitrogens is 3. The van der Waals surface area contributed by atoms with E-state index in [-0.39, 0.29) is 53.3 Å². The fraction of sp³-hybridized carbons (Fsp3) is 0.480. The lowest BCUT2D eigenvalue weighted by Gasteiger charge is -2.27. The van der Waals surface area contributed by atoms with Crippen LogP contribution in [0.2, 0.25) is 0 Å². The Labute approximate surface area is 213 Å². The highest BCUT2D eigenvalue weighted by Crippen LogP contribution is 2.48.